The van der Waals surface area contributed by atoms with Crippen LogP contribution >= 0.6 is 15.9 Å². The molecule has 4 heteroatoms. The Bertz CT molecular complexity index is 1000. The lowest BCUT2D eigenvalue weighted by molar-refractivity contribution is 0.143. The van der Waals surface area contributed by atoms with Gasteiger partial charge >= 0.3 is 6.09 Å². The number of carbonyl (C=O) groups excluding carboxylic acids is 1. The van der Waals surface area contributed by atoms with Gasteiger partial charge in [0.2, 0.25) is 0 Å². The highest BCUT2D eigenvalue weighted by atomic mass is 79.9. The lowest BCUT2D eigenvalue weighted by Gasteiger charge is -2.37. The summed E-state index contributed by atoms with van der Waals surface area (Å²) in [5.74, 6) is 0. The standard InChI is InChI=1S/C26H26BrNO2/c1-19-16-22-13-15-23(14-12-20-8-4-2-5-9-20)28(25(22)24(27)17-19)26(29)30-18-21-10-6-3-7-11-21/h2-11,16-17,23H,12-15,18H2,1H3. The third-order valence-corrected chi connectivity index (χ3v) is 6.26. The van der Waals surface area contributed by atoms with E-state index in [2.05, 4.69) is 59.3 Å². The predicted molar refractivity (Wildman–Crippen MR) is 125 cm³/mol. The quantitative estimate of drug-likeness (QED) is 0.413. The number of carbonyl (C=O) groups is 1. The minimum Gasteiger partial charge on any atom is -0.444 e. The summed E-state index contributed by atoms with van der Waals surface area (Å²) in [6, 6.07) is 24.7. The van der Waals surface area contributed by atoms with Gasteiger partial charge in [-0.3, -0.25) is 4.90 Å². The first-order chi connectivity index (χ1) is 14.6. The normalized spacial score (nSPS) is 15.5. The van der Waals surface area contributed by atoms with Crippen LogP contribution in [-0.4, -0.2) is 12.1 Å². The minimum absolute atomic E-state index is 0.111. The molecule has 0 radical (unpaired) electrons. The lowest BCUT2D eigenvalue weighted by atomic mass is 9.91. The first kappa shape index (κ1) is 20.7. The third kappa shape index (κ3) is 4.76. The van der Waals surface area contributed by atoms with E-state index in [1.54, 1.807) is 0 Å². The van der Waals surface area contributed by atoms with Crippen LogP contribution in [0.1, 0.15) is 35.1 Å². The molecule has 1 unspecified atom stereocenters. The summed E-state index contributed by atoms with van der Waals surface area (Å²) in [5, 5.41) is 0. The molecule has 0 spiro atoms. The molecule has 1 heterocycles. The molecule has 3 aromatic carbocycles. The van der Waals surface area contributed by atoms with Crippen LogP contribution in [-0.2, 0) is 24.2 Å². The van der Waals surface area contributed by atoms with Crippen LogP contribution < -0.4 is 4.90 Å². The van der Waals surface area contributed by atoms with Gasteiger partial charge in [-0.05, 0) is 76.9 Å². The first-order valence-corrected chi connectivity index (χ1v) is 11.2. The third-order valence-electron chi connectivity index (χ3n) is 5.65. The first-order valence-electron chi connectivity index (χ1n) is 10.4. The minimum atomic E-state index is -0.276. The zero-order valence-corrected chi connectivity index (χ0v) is 18.8. The molecule has 154 valence electrons. The number of hydrogen-bond donors (Lipinski definition) is 0. The molecule has 0 N–H and O–H groups in total. The average molecular weight is 464 g/mol. The van der Waals surface area contributed by atoms with Crippen molar-refractivity contribution in [1.29, 1.82) is 0 Å². The number of nitrogens with zero attached hydrogens (tertiary/aromatic N) is 1. The van der Waals surface area contributed by atoms with Crippen molar-refractivity contribution in [3.05, 3.63) is 99.5 Å². The van der Waals surface area contributed by atoms with Crippen molar-refractivity contribution in [2.45, 2.75) is 45.3 Å². The molecule has 30 heavy (non-hydrogen) atoms. The number of halogens is 1. The second-order valence-electron chi connectivity index (χ2n) is 7.88. The Kier molecular flexibility index (Phi) is 6.53. The Morgan fingerprint density at radius 1 is 1.03 bits per heavy atom. The van der Waals surface area contributed by atoms with Crippen LogP contribution in [0.25, 0.3) is 0 Å². The van der Waals surface area contributed by atoms with Gasteiger partial charge < -0.3 is 4.74 Å². The van der Waals surface area contributed by atoms with Crippen LogP contribution in [0.5, 0.6) is 0 Å². The number of amides is 1. The largest absolute Gasteiger partial charge is 0.444 e. The van der Waals surface area contributed by atoms with E-state index in [1.165, 1.54) is 16.7 Å². The van der Waals surface area contributed by atoms with Crippen molar-refractivity contribution in [3.8, 4) is 0 Å². The van der Waals surface area contributed by atoms with Gasteiger partial charge in [-0.2, -0.15) is 0 Å². The smallest absolute Gasteiger partial charge is 0.414 e. The molecular formula is C26H26BrNO2. The molecule has 1 amide bonds. The van der Waals surface area contributed by atoms with Crippen molar-refractivity contribution in [3.63, 3.8) is 0 Å². The molecule has 0 fully saturated rings. The van der Waals surface area contributed by atoms with Crippen molar-refractivity contribution < 1.29 is 9.53 Å². The van der Waals surface area contributed by atoms with E-state index in [1.807, 2.05) is 41.3 Å². The number of fused-ring (bicyclic) bond motifs is 1. The highest BCUT2D eigenvalue weighted by molar-refractivity contribution is 9.10. The van der Waals surface area contributed by atoms with Gasteiger partial charge in [0.1, 0.15) is 6.61 Å². The Hall–Kier alpha value is -2.59. The van der Waals surface area contributed by atoms with E-state index in [0.29, 0.717) is 0 Å². The fraction of sp³-hybridized carbons (Fsp3) is 0.269. The maximum Gasteiger partial charge on any atom is 0.414 e. The molecule has 0 bridgehead atoms. The van der Waals surface area contributed by atoms with Crippen molar-refractivity contribution in [2.75, 3.05) is 4.90 Å². The van der Waals surface area contributed by atoms with Crippen molar-refractivity contribution in [2.24, 2.45) is 0 Å². The second-order valence-corrected chi connectivity index (χ2v) is 8.74. The summed E-state index contributed by atoms with van der Waals surface area (Å²) in [6.07, 6.45) is 3.48. The molecule has 1 atom stereocenters. The molecule has 0 saturated heterocycles. The summed E-state index contributed by atoms with van der Waals surface area (Å²) >= 11 is 3.71. The molecule has 4 rings (SSSR count). The van der Waals surface area contributed by atoms with Gasteiger partial charge in [0.15, 0.2) is 0 Å². The van der Waals surface area contributed by atoms with E-state index >= 15 is 0 Å². The van der Waals surface area contributed by atoms with Crippen LogP contribution in [0.2, 0.25) is 0 Å². The Balaban J connectivity index is 1.58. The lowest BCUT2D eigenvalue weighted by Crippen LogP contribution is -2.44. The Labute approximate surface area is 186 Å². The van der Waals surface area contributed by atoms with Gasteiger partial charge in [0.25, 0.3) is 0 Å². The Morgan fingerprint density at radius 2 is 1.70 bits per heavy atom. The molecule has 3 aromatic rings. The van der Waals surface area contributed by atoms with Crippen LogP contribution in [0.3, 0.4) is 0 Å². The summed E-state index contributed by atoms with van der Waals surface area (Å²) in [6.45, 7) is 2.37. The molecule has 1 aliphatic heterocycles. The number of hydrogen-bond acceptors (Lipinski definition) is 2. The number of benzene rings is 3. The topological polar surface area (TPSA) is 29.5 Å². The van der Waals surface area contributed by atoms with Gasteiger partial charge in [0.05, 0.1) is 5.69 Å². The van der Waals surface area contributed by atoms with E-state index in [0.717, 1.165) is 41.4 Å². The molecule has 1 aliphatic rings. The fourth-order valence-electron chi connectivity index (χ4n) is 4.18. The Morgan fingerprint density at radius 3 is 2.40 bits per heavy atom. The number of anilines is 1. The predicted octanol–water partition coefficient (Wildman–Crippen LogP) is 6.85. The maximum atomic E-state index is 13.3. The molecular weight excluding hydrogens is 438 g/mol. The van der Waals surface area contributed by atoms with Crippen molar-refractivity contribution in [1.82, 2.24) is 0 Å². The van der Waals surface area contributed by atoms with Crippen LogP contribution in [0.4, 0.5) is 10.5 Å². The van der Waals surface area contributed by atoms with E-state index in [4.69, 9.17) is 4.74 Å². The molecule has 3 nitrogen and oxygen atoms in total. The number of aryl methyl sites for hydroxylation is 3. The average Bonchev–Trinajstić information content (AvgIpc) is 2.77. The van der Waals surface area contributed by atoms with Crippen LogP contribution in [0.15, 0.2) is 77.3 Å². The molecule has 0 aliphatic carbocycles. The zero-order chi connectivity index (χ0) is 20.9. The highest BCUT2D eigenvalue weighted by Gasteiger charge is 2.33. The zero-order valence-electron chi connectivity index (χ0n) is 17.2. The maximum absolute atomic E-state index is 13.3. The molecule has 0 saturated carbocycles. The highest BCUT2D eigenvalue weighted by Crippen LogP contribution is 2.39. The fourth-order valence-corrected chi connectivity index (χ4v) is 4.99. The summed E-state index contributed by atoms with van der Waals surface area (Å²) in [4.78, 5) is 15.2. The molecule has 0 aromatic heterocycles. The van der Waals surface area contributed by atoms with Crippen molar-refractivity contribution >= 4 is 27.7 Å². The number of rotatable bonds is 5. The summed E-state index contributed by atoms with van der Waals surface area (Å²) < 4.78 is 6.72. The number of ether oxygens (including phenoxy) is 1. The van der Waals surface area contributed by atoms with Gasteiger partial charge in [-0.15, -0.1) is 0 Å². The van der Waals surface area contributed by atoms with Gasteiger partial charge in [-0.1, -0.05) is 66.7 Å². The SMILES string of the molecule is Cc1cc(Br)c2c(c1)CCC(CCc1ccccc1)N2C(=O)OCc1ccccc1. The van der Waals surface area contributed by atoms with E-state index in [9.17, 15) is 4.79 Å². The van der Waals surface area contributed by atoms with E-state index < -0.39 is 0 Å². The monoisotopic (exact) mass is 463 g/mol. The van der Waals surface area contributed by atoms with Gasteiger partial charge in [0, 0.05) is 10.5 Å². The second kappa shape index (κ2) is 9.48. The van der Waals surface area contributed by atoms with Crippen LogP contribution in [0, 0.1) is 6.92 Å². The summed E-state index contributed by atoms with van der Waals surface area (Å²) in [7, 11) is 0. The summed E-state index contributed by atoms with van der Waals surface area (Å²) in [5.41, 5.74) is 5.65. The van der Waals surface area contributed by atoms with Gasteiger partial charge in [-0.25, -0.2) is 4.79 Å². The van der Waals surface area contributed by atoms with E-state index in [-0.39, 0.29) is 18.7 Å².